The number of hydrogen-bond donors (Lipinski definition) is 1. The molecule has 0 heterocycles. The van der Waals surface area contributed by atoms with E-state index >= 15 is 0 Å². The third-order valence-electron chi connectivity index (χ3n) is 2.73. The van der Waals surface area contributed by atoms with Crippen LogP contribution in [0.1, 0.15) is 22.8 Å². The lowest BCUT2D eigenvalue weighted by Gasteiger charge is -2.08. The maximum atomic E-state index is 11.7. The molecule has 0 aliphatic carbocycles. The maximum Gasteiger partial charge on any atom is 0.251 e. The molecule has 104 valence electrons. The molecule has 0 fully saturated rings. The van der Waals surface area contributed by atoms with E-state index in [2.05, 4.69) is 5.32 Å². The normalized spacial score (nSPS) is 10.1. The first-order valence-electron chi connectivity index (χ1n) is 6.44. The maximum absolute atomic E-state index is 11.7. The van der Waals surface area contributed by atoms with Crippen molar-refractivity contribution in [1.82, 2.24) is 5.32 Å². The summed E-state index contributed by atoms with van der Waals surface area (Å²) in [6.45, 7) is 2.91. The van der Waals surface area contributed by atoms with Gasteiger partial charge in [-0.25, -0.2) is 0 Å². The van der Waals surface area contributed by atoms with E-state index in [0.29, 0.717) is 29.5 Å². The fraction of sp³-hybridized carbons (Fsp3) is 0.188. The van der Waals surface area contributed by atoms with Gasteiger partial charge in [0.2, 0.25) is 0 Å². The van der Waals surface area contributed by atoms with Gasteiger partial charge in [-0.05, 0) is 42.8 Å². The standard InChI is InChI=1S/C16H16ClNO2/c1-2-18-16(19)13-6-4-8-15(10-13)20-11-12-5-3-7-14(17)9-12/h3-10H,2,11H2,1H3,(H,18,19). The first-order chi connectivity index (χ1) is 9.69. The van der Waals surface area contributed by atoms with Gasteiger partial charge in [0.15, 0.2) is 0 Å². The van der Waals surface area contributed by atoms with Crippen molar-refractivity contribution in [1.29, 1.82) is 0 Å². The van der Waals surface area contributed by atoms with E-state index in [0.717, 1.165) is 5.56 Å². The summed E-state index contributed by atoms with van der Waals surface area (Å²) in [7, 11) is 0. The molecule has 0 radical (unpaired) electrons. The number of amides is 1. The Labute approximate surface area is 123 Å². The molecular formula is C16H16ClNO2. The zero-order chi connectivity index (χ0) is 14.4. The molecule has 1 N–H and O–H groups in total. The second kappa shape index (κ2) is 6.96. The van der Waals surface area contributed by atoms with Crippen molar-refractivity contribution in [2.24, 2.45) is 0 Å². The van der Waals surface area contributed by atoms with Crippen LogP contribution in [0.4, 0.5) is 0 Å². The summed E-state index contributed by atoms with van der Waals surface area (Å²) in [5.74, 6) is 0.564. The van der Waals surface area contributed by atoms with Gasteiger partial charge in [-0.1, -0.05) is 29.8 Å². The summed E-state index contributed by atoms with van der Waals surface area (Å²) in [6.07, 6.45) is 0. The molecule has 0 aromatic heterocycles. The SMILES string of the molecule is CCNC(=O)c1cccc(OCc2cccc(Cl)c2)c1. The van der Waals surface area contributed by atoms with Crippen LogP contribution in [0.2, 0.25) is 5.02 Å². The van der Waals surface area contributed by atoms with Gasteiger partial charge >= 0.3 is 0 Å². The van der Waals surface area contributed by atoms with Crippen molar-refractivity contribution >= 4 is 17.5 Å². The molecule has 0 bridgehead atoms. The molecule has 2 rings (SSSR count). The predicted octanol–water partition coefficient (Wildman–Crippen LogP) is 3.67. The van der Waals surface area contributed by atoms with Crippen LogP contribution in [-0.2, 0) is 6.61 Å². The van der Waals surface area contributed by atoms with E-state index in [9.17, 15) is 4.79 Å². The zero-order valence-electron chi connectivity index (χ0n) is 11.2. The summed E-state index contributed by atoms with van der Waals surface area (Å²) in [5, 5.41) is 3.44. The smallest absolute Gasteiger partial charge is 0.251 e. The summed E-state index contributed by atoms with van der Waals surface area (Å²) >= 11 is 5.92. The average Bonchev–Trinajstić information content (AvgIpc) is 2.46. The van der Waals surface area contributed by atoms with Crippen LogP contribution in [0.3, 0.4) is 0 Å². The van der Waals surface area contributed by atoms with Crippen molar-refractivity contribution in [2.75, 3.05) is 6.54 Å². The number of ether oxygens (including phenoxy) is 1. The van der Waals surface area contributed by atoms with Gasteiger partial charge in [0.1, 0.15) is 12.4 Å². The van der Waals surface area contributed by atoms with Crippen LogP contribution in [0.5, 0.6) is 5.75 Å². The monoisotopic (exact) mass is 289 g/mol. The largest absolute Gasteiger partial charge is 0.489 e. The molecule has 0 unspecified atom stereocenters. The van der Waals surface area contributed by atoms with Crippen LogP contribution < -0.4 is 10.1 Å². The molecule has 0 aliphatic heterocycles. The lowest BCUT2D eigenvalue weighted by atomic mass is 10.2. The van der Waals surface area contributed by atoms with E-state index in [1.807, 2.05) is 37.3 Å². The molecule has 20 heavy (non-hydrogen) atoms. The van der Waals surface area contributed by atoms with Crippen molar-refractivity contribution in [3.8, 4) is 5.75 Å². The summed E-state index contributed by atoms with van der Waals surface area (Å²) < 4.78 is 5.68. The van der Waals surface area contributed by atoms with Crippen LogP contribution in [0.15, 0.2) is 48.5 Å². The zero-order valence-corrected chi connectivity index (χ0v) is 12.0. The minimum Gasteiger partial charge on any atom is -0.489 e. The predicted molar refractivity (Wildman–Crippen MR) is 80.2 cm³/mol. The Balaban J connectivity index is 2.03. The highest BCUT2D eigenvalue weighted by atomic mass is 35.5. The van der Waals surface area contributed by atoms with Crippen molar-refractivity contribution in [3.63, 3.8) is 0 Å². The topological polar surface area (TPSA) is 38.3 Å². The van der Waals surface area contributed by atoms with Crippen LogP contribution in [0, 0.1) is 0 Å². The van der Waals surface area contributed by atoms with Gasteiger partial charge in [0, 0.05) is 17.1 Å². The highest BCUT2D eigenvalue weighted by Crippen LogP contribution is 2.17. The molecule has 2 aromatic carbocycles. The third kappa shape index (κ3) is 4.00. The minimum absolute atomic E-state index is 0.0966. The van der Waals surface area contributed by atoms with Crippen molar-refractivity contribution in [2.45, 2.75) is 13.5 Å². The lowest BCUT2D eigenvalue weighted by molar-refractivity contribution is 0.0955. The Hall–Kier alpha value is -2.00. The van der Waals surface area contributed by atoms with Gasteiger partial charge in [0.05, 0.1) is 0 Å². The summed E-state index contributed by atoms with van der Waals surface area (Å²) in [5.41, 5.74) is 1.58. The first kappa shape index (κ1) is 14.4. The Morgan fingerprint density at radius 2 is 2.00 bits per heavy atom. The van der Waals surface area contributed by atoms with E-state index in [1.54, 1.807) is 18.2 Å². The molecule has 0 saturated heterocycles. The second-order valence-electron chi connectivity index (χ2n) is 4.31. The molecule has 1 amide bonds. The van der Waals surface area contributed by atoms with Crippen molar-refractivity contribution < 1.29 is 9.53 Å². The second-order valence-corrected chi connectivity index (χ2v) is 4.74. The van der Waals surface area contributed by atoms with Gasteiger partial charge in [0.25, 0.3) is 5.91 Å². The van der Waals surface area contributed by atoms with E-state index < -0.39 is 0 Å². The number of carbonyl (C=O) groups excluding carboxylic acids is 1. The van der Waals surface area contributed by atoms with Gasteiger partial charge in [-0.2, -0.15) is 0 Å². The third-order valence-corrected chi connectivity index (χ3v) is 2.96. The highest BCUT2D eigenvalue weighted by Gasteiger charge is 2.05. The van der Waals surface area contributed by atoms with Crippen molar-refractivity contribution in [3.05, 3.63) is 64.7 Å². The van der Waals surface area contributed by atoms with Gasteiger partial charge < -0.3 is 10.1 Å². The van der Waals surface area contributed by atoms with E-state index in [4.69, 9.17) is 16.3 Å². The number of hydrogen-bond acceptors (Lipinski definition) is 2. The summed E-state index contributed by atoms with van der Waals surface area (Å²) in [6, 6.07) is 14.6. The molecule has 3 nitrogen and oxygen atoms in total. The Morgan fingerprint density at radius 3 is 2.75 bits per heavy atom. The fourth-order valence-electron chi connectivity index (χ4n) is 1.78. The van der Waals surface area contributed by atoms with Crippen LogP contribution >= 0.6 is 11.6 Å². The quantitative estimate of drug-likeness (QED) is 0.912. The number of halogens is 1. The minimum atomic E-state index is -0.0966. The molecule has 0 saturated carbocycles. The first-order valence-corrected chi connectivity index (χ1v) is 6.82. The molecule has 0 atom stereocenters. The molecule has 0 aliphatic rings. The molecular weight excluding hydrogens is 274 g/mol. The highest BCUT2D eigenvalue weighted by molar-refractivity contribution is 6.30. The number of nitrogens with one attached hydrogen (secondary N) is 1. The summed E-state index contributed by atoms with van der Waals surface area (Å²) in [4.78, 5) is 11.7. The Kier molecular flexibility index (Phi) is 5.02. The van der Waals surface area contributed by atoms with Crippen LogP contribution in [0.25, 0.3) is 0 Å². The average molecular weight is 290 g/mol. The number of carbonyl (C=O) groups is 1. The van der Waals surface area contributed by atoms with Crippen LogP contribution in [-0.4, -0.2) is 12.5 Å². The lowest BCUT2D eigenvalue weighted by Crippen LogP contribution is -2.22. The molecule has 2 aromatic rings. The Morgan fingerprint density at radius 1 is 1.20 bits per heavy atom. The molecule has 4 heteroatoms. The fourth-order valence-corrected chi connectivity index (χ4v) is 2.00. The van der Waals surface area contributed by atoms with E-state index in [1.165, 1.54) is 0 Å². The van der Waals surface area contributed by atoms with E-state index in [-0.39, 0.29) is 5.91 Å². The van der Waals surface area contributed by atoms with Gasteiger partial charge in [-0.15, -0.1) is 0 Å². The number of rotatable bonds is 5. The Bertz CT molecular complexity index is 599. The van der Waals surface area contributed by atoms with Gasteiger partial charge in [-0.3, -0.25) is 4.79 Å². The number of benzene rings is 2. The molecule has 0 spiro atoms.